The van der Waals surface area contributed by atoms with Crippen molar-refractivity contribution in [3.63, 3.8) is 0 Å². The number of thioether (sulfide) groups is 1. The van der Waals surface area contributed by atoms with Gasteiger partial charge in [-0.3, -0.25) is 0 Å². The summed E-state index contributed by atoms with van der Waals surface area (Å²) < 4.78 is 44.0. The smallest absolute Gasteiger partial charge is 0.411 e. The second-order valence-electron chi connectivity index (χ2n) is 5.34. The Balaban J connectivity index is 2.43. The molecule has 1 saturated heterocycles. The van der Waals surface area contributed by atoms with Crippen LogP contribution in [0.5, 0.6) is 0 Å². The number of benzene rings is 1. The molecule has 2 atom stereocenters. The fourth-order valence-corrected chi connectivity index (χ4v) is 4.07. The van der Waals surface area contributed by atoms with Crippen molar-refractivity contribution < 1.29 is 27.5 Å². The van der Waals surface area contributed by atoms with Gasteiger partial charge in [-0.25, -0.2) is 4.79 Å². The van der Waals surface area contributed by atoms with Crippen LogP contribution in [0.1, 0.15) is 31.7 Å². The monoisotopic (exact) mass is 364 g/mol. The molecule has 1 aliphatic rings. The molecule has 9 heteroatoms. The van der Waals surface area contributed by atoms with Crippen LogP contribution in [0.15, 0.2) is 30.3 Å². The molecular formula is C15H19F3N2O3S. The number of nitrogens with zero attached hydrogens (tertiary/aromatic N) is 1. The van der Waals surface area contributed by atoms with Crippen molar-refractivity contribution in [2.24, 2.45) is 5.73 Å². The fraction of sp³-hybridized carbons (Fsp3) is 0.533. The van der Waals surface area contributed by atoms with E-state index in [1.165, 1.54) is 0 Å². The maximum Gasteiger partial charge on any atom is 0.539 e. The van der Waals surface area contributed by atoms with E-state index in [9.17, 15) is 18.0 Å². The van der Waals surface area contributed by atoms with E-state index < -0.39 is 23.6 Å². The highest BCUT2D eigenvalue weighted by atomic mass is 32.2. The molecule has 2 unspecified atom stereocenters. The molecule has 1 aromatic rings. The molecule has 1 aromatic carbocycles. The molecule has 5 nitrogen and oxygen atoms in total. The average molecular weight is 364 g/mol. The minimum absolute atomic E-state index is 0.318. The second kappa shape index (κ2) is 7.62. The third-order valence-corrected chi connectivity index (χ3v) is 5.01. The standard InChI is InChI=1S/C15H19F3N2O3S/c1-2-3-9-12-10-24-14(22-13(19)21,11-7-5-4-6-8-11)20(12)23-15(16,17)18/h4-8,12H,2-3,9-10H2,1H3,(H2,19,21). The van der Waals surface area contributed by atoms with E-state index in [2.05, 4.69) is 4.84 Å². The van der Waals surface area contributed by atoms with E-state index >= 15 is 0 Å². The quantitative estimate of drug-likeness (QED) is 0.828. The summed E-state index contributed by atoms with van der Waals surface area (Å²) in [6, 6.07) is 7.59. The van der Waals surface area contributed by atoms with Crippen molar-refractivity contribution in [2.45, 2.75) is 43.6 Å². The minimum Gasteiger partial charge on any atom is -0.411 e. The first-order valence-corrected chi connectivity index (χ1v) is 8.50. The predicted molar refractivity (Wildman–Crippen MR) is 83.5 cm³/mol. The molecule has 0 aromatic heterocycles. The van der Waals surface area contributed by atoms with Crippen LogP contribution in [0.2, 0.25) is 0 Å². The number of hydroxylamine groups is 2. The zero-order valence-electron chi connectivity index (χ0n) is 13.1. The van der Waals surface area contributed by atoms with Gasteiger partial charge in [-0.05, 0) is 6.42 Å². The van der Waals surface area contributed by atoms with Gasteiger partial charge in [0.2, 0.25) is 0 Å². The van der Waals surface area contributed by atoms with Crippen LogP contribution in [0.25, 0.3) is 0 Å². The van der Waals surface area contributed by atoms with Gasteiger partial charge in [0.1, 0.15) is 0 Å². The number of hydrogen-bond donors (Lipinski definition) is 1. The summed E-state index contributed by atoms with van der Waals surface area (Å²) in [5, 5.41) is -1.03. The molecule has 0 radical (unpaired) electrons. The summed E-state index contributed by atoms with van der Waals surface area (Å²) >= 11 is 1.06. The number of rotatable bonds is 6. The lowest BCUT2D eigenvalue weighted by molar-refractivity contribution is -0.447. The third-order valence-electron chi connectivity index (χ3n) is 3.56. The lowest BCUT2D eigenvalue weighted by Gasteiger charge is -2.37. The van der Waals surface area contributed by atoms with E-state index in [1.807, 2.05) is 6.92 Å². The summed E-state index contributed by atoms with van der Waals surface area (Å²) in [7, 11) is 0. The first kappa shape index (κ1) is 18.9. The van der Waals surface area contributed by atoms with E-state index in [0.29, 0.717) is 17.7 Å². The largest absolute Gasteiger partial charge is 0.539 e. The van der Waals surface area contributed by atoms with Gasteiger partial charge in [0, 0.05) is 11.3 Å². The molecule has 134 valence electrons. The lowest BCUT2D eigenvalue weighted by Crippen LogP contribution is -2.50. The fourth-order valence-electron chi connectivity index (χ4n) is 2.60. The van der Waals surface area contributed by atoms with Crippen LogP contribution in [0.3, 0.4) is 0 Å². The number of carbonyl (C=O) groups is 1. The van der Waals surface area contributed by atoms with Crippen LogP contribution >= 0.6 is 11.8 Å². The highest BCUT2D eigenvalue weighted by molar-refractivity contribution is 8.00. The molecular weight excluding hydrogens is 345 g/mol. The van der Waals surface area contributed by atoms with Crippen LogP contribution in [0, 0.1) is 0 Å². The number of alkyl halides is 3. The molecule has 24 heavy (non-hydrogen) atoms. The second-order valence-corrected chi connectivity index (χ2v) is 6.51. The lowest BCUT2D eigenvalue weighted by atomic mass is 10.1. The topological polar surface area (TPSA) is 64.8 Å². The number of hydrogen-bond acceptors (Lipinski definition) is 5. The number of primary amides is 1. The van der Waals surface area contributed by atoms with Gasteiger partial charge in [0.05, 0.1) is 6.04 Å². The molecule has 0 spiro atoms. The maximum atomic E-state index is 13.0. The Bertz CT molecular complexity index is 559. The molecule has 0 aliphatic carbocycles. The zero-order chi connectivity index (χ0) is 17.8. The highest BCUT2D eigenvalue weighted by Gasteiger charge is 2.56. The van der Waals surface area contributed by atoms with Gasteiger partial charge in [-0.2, -0.15) is 4.84 Å². The van der Waals surface area contributed by atoms with Gasteiger partial charge in [0.15, 0.2) is 0 Å². The first-order valence-electron chi connectivity index (χ1n) is 7.51. The number of ether oxygens (including phenoxy) is 1. The van der Waals surface area contributed by atoms with Gasteiger partial charge < -0.3 is 10.5 Å². The molecule has 1 fully saturated rings. The third kappa shape index (κ3) is 4.34. The predicted octanol–water partition coefficient (Wildman–Crippen LogP) is 3.95. The highest BCUT2D eigenvalue weighted by Crippen LogP contribution is 2.50. The number of amides is 1. The van der Waals surface area contributed by atoms with Crippen molar-refractivity contribution >= 4 is 17.9 Å². The summed E-state index contributed by atoms with van der Waals surface area (Å²) in [4.78, 5) is 15.6. The molecule has 2 rings (SSSR count). The molecule has 1 aliphatic heterocycles. The van der Waals surface area contributed by atoms with Crippen molar-refractivity contribution in [1.29, 1.82) is 0 Å². The summed E-state index contributed by atoms with van der Waals surface area (Å²) in [6.45, 7) is 1.95. The van der Waals surface area contributed by atoms with E-state index in [1.54, 1.807) is 30.3 Å². The molecule has 1 heterocycles. The summed E-state index contributed by atoms with van der Waals surface area (Å²) in [6.07, 6.45) is -4.04. The van der Waals surface area contributed by atoms with E-state index in [0.717, 1.165) is 29.7 Å². The molecule has 1 amide bonds. The number of unbranched alkanes of at least 4 members (excludes halogenated alkanes) is 1. The minimum atomic E-state index is -4.91. The van der Waals surface area contributed by atoms with E-state index in [4.69, 9.17) is 10.5 Å². The van der Waals surface area contributed by atoms with Crippen molar-refractivity contribution in [3.8, 4) is 0 Å². The Hall–Kier alpha value is -1.45. The van der Waals surface area contributed by atoms with Crippen LogP contribution < -0.4 is 5.73 Å². The molecule has 0 bridgehead atoms. The van der Waals surface area contributed by atoms with Gasteiger partial charge in [-0.1, -0.05) is 61.9 Å². The molecule has 0 saturated carbocycles. The van der Waals surface area contributed by atoms with Crippen LogP contribution in [0.4, 0.5) is 18.0 Å². The Morgan fingerprint density at radius 2 is 2.08 bits per heavy atom. The summed E-state index contributed by atoms with van der Waals surface area (Å²) in [5.41, 5.74) is 5.49. The maximum absolute atomic E-state index is 13.0. The Kier molecular flexibility index (Phi) is 6.00. The number of halogens is 3. The first-order chi connectivity index (χ1) is 11.3. The van der Waals surface area contributed by atoms with Gasteiger partial charge >= 0.3 is 12.5 Å². The van der Waals surface area contributed by atoms with Crippen LogP contribution in [-0.4, -0.2) is 29.3 Å². The molecule has 2 N–H and O–H groups in total. The Morgan fingerprint density at radius 1 is 1.42 bits per heavy atom. The van der Waals surface area contributed by atoms with Crippen molar-refractivity contribution in [3.05, 3.63) is 35.9 Å². The average Bonchev–Trinajstić information content (AvgIpc) is 2.83. The Morgan fingerprint density at radius 3 is 2.62 bits per heavy atom. The van der Waals surface area contributed by atoms with Gasteiger partial charge in [-0.15, -0.1) is 18.2 Å². The van der Waals surface area contributed by atoms with Gasteiger partial charge in [0.25, 0.3) is 5.06 Å². The van der Waals surface area contributed by atoms with Crippen molar-refractivity contribution in [2.75, 3.05) is 5.75 Å². The van der Waals surface area contributed by atoms with Crippen molar-refractivity contribution in [1.82, 2.24) is 5.06 Å². The zero-order valence-corrected chi connectivity index (χ0v) is 13.9. The Labute approximate surface area is 142 Å². The SMILES string of the molecule is CCCCC1CSC(OC(N)=O)(c2ccccc2)N1OC(F)(F)F. The number of carbonyl (C=O) groups excluding carboxylic acids is 1. The van der Waals surface area contributed by atoms with E-state index in [-0.39, 0.29) is 0 Å². The van der Waals surface area contributed by atoms with Crippen LogP contribution in [-0.2, 0) is 14.6 Å². The summed E-state index contributed by atoms with van der Waals surface area (Å²) in [5.74, 6) is 0.318. The normalized spacial score (nSPS) is 24.9. The number of nitrogens with two attached hydrogens (primary N) is 1.